The summed E-state index contributed by atoms with van der Waals surface area (Å²) in [5.41, 5.74) is 3.08. The molecule has 2 atom stereocenters. The van der Waals surface area contributed by atoms with Gasteiger partial charge in [0.2, 0.25) is 5.91 Å². The summed E-state index contributed by atoms with van der Waals surface area (Å²) in [4.78, 5) is 12.4. The highest BCUT2D eigenvalue weighted by Crippen LogP contribution is 2.29. The molecule has 2 unspecified atom stereocenters. The number of rotatable bonds is 4. The standard InChI is InChI=1S/C15H21BrN2O2/c1-4-17-13-8-20-7-11(13)15(19)18-14-10(3)5-9(2)6-12(14)16/h5-6,11,13,17H,4,7-8H2,1-3H3,(H,18,19). The summed E-state index contributed by atoms with van der Waals surface area (Å²) in [6.45, 7) is 7.99. The van der Waals surface area contributed by atoms with E-state index in [2.05, 4.69) is 32.6 Å². The molecule has 0 bridgehead atoms. The van der Waals surface area contributed by atoms with Gasteiger partial charge in [-0.3, -0.25) is 4.79 Å². The molecule has 1 fully saturated rings. The molecule has 1 saturated heterocycles. The number of carbonyl (C=O) groups excluding carboxylic acids is 1. The van der Waals surface area contributed by atoms with Gasteiger partial charge in [0, 0.05) is 10.5 Å². The Morgan fingerprint density at radius 1 is 1.40 bits per heavy atom. The summed E-state index contributed by atoms with van der Waals surface area (Å²) < 4.78 is 6.34. The van der Waals surface area contributed by atoms with Crippen LogP contribution in [-0.2, 0) is 9.53 Å². The average Bonchev–Trinajstić information content (AvgIpc) is 2.82. The van der Waals surface area contributed by atoms with Crippen molar-refractivity contribution in [1.82, 2.24) is 5.32 Å². The van der Waals surface area contributed by atoms with E-state index in [1.165, 1.54) is 5.56 Å². The molecule has 1 amide bonds. The fourth-order valence-corrected chi connectivity index (χ4v) is 3.34. The number of carbonyl (C=O) groups is 1. The molecule has 0 radical (unpaired) electrons. The van der Waals surface area contributed by atoms with Crippen molar-refractivity contribution < 1.29 is 9.53 Å². The fraction of sp³-hybridized carbons (Fsp3) is 0.533. The minimum atomic E-state index is -0.137. The van der Waals surface area contributed by atoms with Crippen LogP contribution in [0.15, 0.2) is 16.6 Å². The van der Waals surface area contributed by atoms with Crippen molar-refractivity contribution in [2.24, 2.45) is 5.92 Å². The Balaban J connectivity index is 2.12. The minimum absolute atomic E-state index is 0.0149. The van der Waals surface area contributed by atoms with Crippen LogP contribution in [0.2, 0.25) is 0 Å². The van der Waals surface area contributed by atoms with Gasteiger partial charge >= 0.3 is 0 Å². The molecular formula is C15H21BrN2O2. The molecule has 1 aliphatic rings. The first kappa shape index (κ1) is 15.5. The van der Waals surface area contributed by atoms with Crippen LogP contribution in [-0.4, -0.2) is 31.7 Å². The molecule has 0 spiro atoms. The first-order valence-electron chi connectivity index (χ1n) is 6.91. The number of likely N-dealkylation sites (N-methyl/N-ethyl adjacent to an activating group) is 1. The van der Waals surface area contributed by atoms with E-state index in [1.807, 2.05) is 26.8 Å². The summed E-state index contributed by atoms with van der Waals surface area (Å²) in [6.07, 6.45) is 0. The van der Waals surface area contributed by atoms with Crippen molar-refractivity contribution in [2.45, 2.75) is 26.8 Å². The van der Waals surface area contributed by atoms with Crippen LogP contribution < -0.4 is 10.6 Å². The van der Waals surface area contributed by atoms with Gasteiger partial charge in [-0.2, -0.15) is 0 Å². The maximum absolute atomic E-state index is 12.4. The number of hydrogen-bond donors (Lipinski definition) is 2. The molecule has 1 aromatic rings. The van der Waals surface area contributed by atoms with E-state index in [0.29, 0.717) is 13.2 Å². The van der Waals surface area contributed by atoms with Crippen molar-refractivity contribution >= 4 is 27.5 Å². The lowest BCUT2D eigenvalue weighted by molar-refractivity contribution is -0.120. The largest absolute Gasteiger partial charge is 0.379 e. The Morgan fingerprint density at radius 2 is 2.15 bits per heavy atom. The molecule has 1 aromatic carbocycles. The van der Waals surface area contributed by atoms with Gasteiger partial charge in [0.05, 0.1) is 24.8 Å². The summed E-state index contributed by atoms with van der Waals surface area (Å²) in [5, 5.41) is 6.33. The van der Waals surface area contributed by atoms with Crippen LogP contribution in [0, 0.1) is 19.8 Å². The van der Waals surface area contributed by atoms with E-state index >= 15 is 0 Å². The number of hydrogen-bond acceptors (Lipinski definition) is 3. The van der Waals surface area contributed by atoms with E-state index in [-0.39, 0.29) is 17.9 Å². The number of nitrogens with one attached hydrogen (secondary N) is 2. The monoisotopic (exact) mass is 340 g/mol. The second-order valence-electron chi connectivity index (χ2n) is 5.24. The lowest BCUT2D eigenvalue weighted by atomic mass is 10.0. The Bertz CT molecular complexity index is 482. The van der Waals surface area contributed by atoms with Crippen LogP contribution >= 0.6 is 15.9 Å². The fourth-order valence-electron chi connectivity index (χ4n) is 2.57. The topological polar surface area (TPSA) is 50.4 Å². The zero-order chi connectivity index (χ0) is 14.7. The molecule has 0 saturated carbocycles. The maximum Gasteiger partial charge on any atom is 0.231 e. The second-order valence-corrected chi connectivity index (χ2v) is 6.09. The Kier molecular flexibility index (Phi) is 5.18. The number of anilines is 1. The highest BCUT2D eigenvalue weighted by atomic mass is 79.9. The molecule has 2 N–H and O–H groups in total. The summed E-state index contributed by atoms with van der Waals surface area (Å²) in [7, 11) is 0. The second kappa shape index (κ2) is 6.70. The van der Waals surface area contributed by atoms with Crippen LogP contribution in [0.1, 0.15) is 18.1 Å². The Morgan fingerprint density at radius 3 is 2.80 bits per heavy atom. The smallest absolute Gasteiger partial charge is 0.231 e. The van der Waals surface area contributed by atoms with Gasteiger partial charge in [0.1, 0.15) is 0 Å². The summed E-state index contributed by atoms with van der Waals surface area (Å²) >= 11 is 3.52. The molecule has 2 rings (SSSR count). The van der Waals surface area contributed by atoms with Gasteiger partial charge < -0.3 is 15.4 Å². The number of halogens is 1. The summed E-state index contributed by atoms with van der Waals surface area (Å²) in [5.74, 6) is -0.122. The average molecular weight is 341 g/mol. The number of amides is 1. The van der Waals surface area contributed by atoms with Gasteiger partial charge in [-0.15, -0.1) is 0 Å². The first-order chi connectivity index (χ1) is 9.52. The SMILES string of the molecule is CCNC1COCC1C(=O)Nc1c(C)cc(C)cc1Br. The first-order valence-corrected chi connectivity index (χ1v) is 7.71. The molecule has 110 valence electrons. The van der Waals surface area contributed by atoms with Crippen molar-refractivity contribution in [3.05, 3.63) is 27.7 Å². The lowest BCUT2D eigenvalue weighted by Gasteiger charge is -2.19. The molecule has 5 heteroatoms. The van der Waals surface area contributed by atoms with Crippen LogP contribution in [0.4, 0.5) is 5.69 Å². The van der Waals surface area contributed by atoms with Gasteiger partial charge in [-0.1, -0.05) is 13.0 Å². The van der Waals surface area contributed by atoms with Crippen molar-refractivity contribution in [3.8, 4) is 0 Å². The maximum atomic E-state index is 12.4. The van der Waals surface area contributed by atoms with E-state index in [4.69, 9.17) is 4.74 Å². The van der Waals surface area contributed by atoms with Gasteiger partial charge in [0.25, 0.3) is 0 Å². The number of aryl methyl sites for hydroxylation is 2. The van der Waals surface area contributed by atoms with E-state index in [0.717, 1.165) is 22.3 Å². The molecule has 0 aliphatic carbocycles. The van der Waals surface area contributed by atoms with Crippen molar-refractivity contribution in [3.63, 3.8) is 0 Å². The normalized spacial score (nSPS) is 22.0. The van der Waals surface area contributed by atoms with Crippen LogP contribution in [0.3, 0.4) is 0 Å². The number of benzene rings is 1. The van der Waals surface area contributed by atoms with E-state index in [9.17, 15) is 4.79 Å². The van der Waals surface area contributed by atoms with E-state index in [1.54, 1.807) is 0 Å². The predicted octanol–water partition coefficient (Wildman–Crippen LogP) is 2.63. The zero-order valence-electron chi connectivity index (χ0n) is 12.1. The van der Waals surface area contributed by atoms with Crippen LogP contribution in [0.25, 0.3) is 0 Å². The van der Waals surface area contributed by atoms with Gasteiger partial charge in [-0.25, -0.2) is 0 Å². The van der Waals surface area contributed by atoms with Crippen molar-refractivity contribution in [2.75, 3.05) is 25.1 Å². The zero-order valence-corrected chi connectivity index (χ0v) is 13.7. The third kappa shape index (κ3) is 3.40. The highest BCUT2D eigenvalue weighted by molar-refractivity contribution is 9.10. The Labute approximate surface area is 128 Å². The predicted molar refractivity (Wildman–Crippen MR) is 84.0 cm³/mol. The third-order valence-corrected chi connectivity index (χ3v) is 4.19. The Hall–Kier alpha value is -0.910. The van der Waals surface area contributed by atoms with Crippen molar-refractivity contribution in [1.29, 1.82) is 0 Å². The summed E-state index contributed by atoms with van der Waals surface area (Å²) in [6, 6.07) is 4.17. The van der Waals surface area contributed by atoms with Gasteiger partial charge in [0.15, 0.2) is 0 Å². The van der Waals surface area contributed by atoms with E-state index < -0.39 is 0 Å². The molecule has 20 heavy (non-hydrogen) atoms. The molecule has 1 aliphatic heterocycles. The molecular weight excluding hydrogens is 320 g/mol. The van der Waals surface area contributed by atoms with Crippen LogP contribution in [0.5, 0.6) is 0 Å². The van der Waals surface area contributed by atoms with Gasteiger partial charge in [-0.05, 0) is 53.5 Å². The molecule has 1 heterocycles. The third-order valence-electron chi connectivity index (χ3n) is 3.56. The molecule has 4 nitrogen and oxygen atoms in total. The minimum Gasteiger partial charge on any atom is -0.379 e. The highest BCUT2D eigenvalue weighted by Gasteiger charge is 2.33. The molecule has 0 aromatic heterocycles. The lowest BCUT2D eigenvalue weighted by Crippen LogP contribution is -2.41. The quantitative estimate of drug-likeness (QED) is 0.885. The number of ether oxygens (including phenoxy) is 1.